The molecule has 1 atom stereocenters. The number of carbonyl (C=O) groups is 2. The van der Waals surface area contributed by atoms with E-state index in [1.54, 1.807) is 5.38 Å². The summed E-state index contributed by atoms with van der Waals surface area (Å²) in [6.07, 6.45) is 1.81. The monoisotopic (exact) mass is 346 g/mol. The first kappa shape index (κ1) is 18.1. The van der Waals surface area contributed by atoms with Gasteiger partial charge in [0.05, 0.1) is 0 Å². The van der Waals surface area contributed by atoms with Crippen molar-refractivity contribution in [3.63, 3.8) is 0 Å². The predicted molar refractivity (Wildman–Crippen MR) is 95.1 cm³/mol. The molecule has 0 saturated carbocycles. The standard InChI is InChI=1S/C18H22N2O3S/c1-4-12(3)19-16(21)10-23-18(22)15-11-24-17(20-15)14-8-6-13(5-2)7-9-14/h6-9,11-12H,4-5,10H2,1-3H3,(H,19,21)/t12-/m1/s1. The first-order valence-electron chi connectivity index (χ1n) is 8.04. The number of hydrogen-bond acceptors (Lipinski definition) is 5. The largest absolute Gasteiger partial charge is 0.451 e. The van der Waals surface area contributed by atoms with Crippen molar-refractivity contribution in [3.8, 4) is 10.6 Å². The van der Waals surface area contributed by atoms with Gasteiger partial charge in [-0.3, -0.25) is 4.79 Å². The van der Waals surface area contributed by atoms with Gasteiger partial charge in [0.1, 0.15) is 5.01 Å². The molecule has 1 aromatic carbocycles. The van der Waals surface area contributed by atoms with Crippen molar-refractivity contribution in [2.75, 3.05) is 6.61 Å². The smallest absolute Gasteiger partial charge is 0.358 e. The van der Waals surface area contributed by atoms with Gasteiger partial charge in [0, 0.05) is 17.0 Å². The maximum Gasteiger partial charge on any atom is 0.358 e. The second-order valence-electron chi connectivity index (χ2n) is 5.54. The molecule has 0 spiro atoms. The number of aryl methyl sites for hydroxylation is 1. The first-order valence-corrected chi connectivity index (χ1v) is 8.92. The maximum atomic E-state index is 12.0. The van der Waals surface area contributed by atoms with Crippen molar-refractivity contribution in [2.45, 2.75) is 39.7 Å². The Labute approximate surface area is 146 Å². The highest BCUT2D eigenvalue weighted by Crippen LogP contribution is 2.24. The Balaban J connectivity index is 1.94. The van der Waals surface area contributed by atoms with E-state index in [1.165, 1.54) is 16.9 Å². The SMILES string of the molecule is CCc1ccc(-c2nc(C(=O)OCC(=O)N[C@H](C)CC)cs2)cc1. The van der Waals surface area contributed by atoms with Gasteiger partial charge in [-0.1, -0.05) is 38.1 Å². The molecule has 0 bridgehead atoms. The van der Waals surface area contributed by atoms with Crippen LogP contribution in [0.1, 0.15) is 43.2 Å². The molecule has 0 aliphatic carbocycles. The van der Waals surface area contributed by atoms with Crippen LogP contribution in [0.3, 0.4) is 0 Å². The molecule has 0 radical (unpaired) electrons. The highest BCUT2D eigenvalue weighted by molar-refractivity contribution is 7.13. The zero-order valence-electron chi connectivity index (χ0n) is 14.2. The first-order chi connectivity index (χ1) is 11.5. The lowest BCUT2D eigenvalue weighted by Crippen LogP contribution is -2.35. The van der Waals surface area contributed by atoms with Crippen molar-refractivity contribution in [3.05, 3.63) is 40.9 Å². The van der Waals surface area contributed by atoms with Crippen molar-refractivity contribution < 1.29 is 14.3 Å². The number of aromatic nitrogens is 1. The Morgan fingerprint density at radius 1 is 1.25 bits per heavy atom. The van der Waals surface area contributed by atoms with Crippen molar-refractivity contribution in [2.24, 2.45) is 0 Å². The molecule has 5 nitrogen and oxygen atoms in total. The van der Waals surface area contributed by atoms with Gasteiger partial charge in [0.15, 0.2) is 12.3 Å². The molecule has 0 aliphatic heterocycles. The van der Waals surface area contributed by atoms with E-state index in [-0.39, 0.29) is 24.2 Å². The summed E-state index contributed by atoms with van der Waals surface area (Å²) in [5.41, 5.74) is 2.44. The quantitative estimate of drug-likeness (QED) is 0.780. The third-order valence-corrected chi connectivity index (χ3v) is 4.57. The number of hydrogen-bond donors (Lipinski definition) is 1. The number of esters is 1. The summed E-state index contributed by atoms with van der Waals surface area (Å²) in [4.78, 5) is 27.9. The highest BCUT2D eigenvalue weighted by atomic mass is 32.1. The fraction of sp³-hybridized carbons (Fsp3) is 0.389. The molecular weight excluding hydrogens is 324 g/mol. The van der Waals surface area contributed by atoms with Gasteiger partial charge in [-0.15, -0.1) is 11.3 Å². The van der Waals surface area contributed by atoms with Crippen LogP contribution in [0.15, 0.2) is 29.6 Å². The lowest BCUT2D eigenvalue weighted by Gasteiger charge is -2.10. The van der Waals surface area contributed by atoms with Gasteiger partial charge in [-0.05, 0) is 25.3 Å². The number of amides is 1. The van der Waals surface area contributed by atoms with Crippen molar-refractivity contribution in [1.29, 1.82) is 0 Å². The molecule has 1 N–H and O–H groups in total. The lowest BCUT2D eigenvalue weighted by atomic mass is 10.1. The highest BCUT2D eigenvalue weighted by Gasteiger charge is 2.15. The van der Waals surface area contributed by atoms with Gasteiger partial charge in [-0.2, -0.15) is 0 Å². The molecule has 0 aliphatic rings. The number of ether oxygens (including phenoxy) is 1. The minimum atomic E-state index is -0.582. The van der Waals surface area contributed by atoms with E-state index < -0.39 is 5.97 Å². The topological polar surface area (TPSA) is 68.3 Å². The van der Waals surface area contributed by atoms with E-state index in [0.717, 1.165) is 23.4 Å². The Bertz CT molecular complexity index is 695. The molecule has 128 valence electrons. The van der Waals surface area contributed by atoms with Gasteiger partial charge >= 0.3 is 5.97 Å². The number of carbonyl (C=O) groups excluding carboxylic acids is 2. The van der Waals surface area contributed by atoms with Crippen LogP contribution in [-0.4, -0.2) is 29.5 Å². The van der Waals surface area contributed by atoms with Crippen LogP contribution in [0.25, 0.3) is 10.6 Å². The molecule has 24 heavy (non-hydrogen) atoms. The molecule has 1 amide bonds. The van der Waals surface area contributed by atoms with E-state index >= 15 is 0 Å². The van der Waals surface area contributed by atoms with Crippen LogP contribution in [-0.2, 0) is 16.0 Å². The fourth-order valence-electron chi connectivity index (χ4n) is 2.01. The molecule has 0 unspecified atom stereocenters. The van der Waals surface area contributed by atoms with Gasteiger partial charge in [-0.25, -0.2) is 9.78 Å². The van der Waals surface area contributed by atoms with E-state index in [9.17, 15) is 9.59 Å². The van der Waals surface area contributed by atoms with Crippen LogP contribution in [0.4, 0.5) is 0 Å². The van der Waals surface area contributed by atoms with E-state index in [0.29, 0.717) is 0 Å². The summed E-state index contributed by atoms with van der Waals surface area (Å²) >= 11 is 1.38. The molecule has 0 saturated heterocycles. The number of benzene rings is 1. The molecular formula is C18H22N2O3S. The minimum absolute atomic E-state index is 0.0631. The summed E-state index contributed by atoms with van der Waals surface area (Å²) in [7, 11) is 0. The maximum absolute atomic E-state index is 12.0. The average molecular weight is 346 g/mol. The van der Waals surface area contributed by atoms with Crippen LogP contribution in [0.5, 0.6) is 0 Å². The Morgan fingerprint density at radius 2 is 1.96 bits per heavy atom. The zero-order valence-corrected chi connectivity index (χ0v) is 15.0. The van der Waals surface area contributed by atoms with Gasteiger partial charge < -0.3 is 10.1 Å². The summed E-state index contributed by atoms with van der Waals surface area (Å²) in [6.45, 7) is 5.68. The number of nitrogens with one attached hydrogen (secondary N) is 1. The third-order valence-electron chi connectivity index (χ3n) is 3.68. The van der Waals surface area contributed by atoms with Crippen molar-refractivity contribution >= 4 is 23.2 Å². The summed E-state index contributed by atoms with van der Waals surface area (Å²) in [6, 6.07) is 8.15. The zero-order chi connectivity index (χ0) is 17.5. The molecule has 2 rings (SSSR count). The Hall–Kier alpha value is -2.21. The number of thiazole rings is 1. The van der Waals surface area contributed by atoms with Gasteiger partial charge in [0.2, 0.25) is 0 Å². The Kier molecular flexibility index (Phi) is 6.49. The second-order valence-corrected chi connectivity index (χ2v) is 6.40. The van der Waals surface area contributed by atoms with Crippen LogP contribution < -0.4 is 5.32 Å². The Morgan fingerprint density at radius 3 is 2.58 bits per heavy atom. The third kappa shape index (κ3) is 4.89. The predicted octanol–water partition coefficient (Wildman–Crippen LogP) is 3.44. The van der Waals surface area contributed by atoms with Crippen LogP contribution in [0.2, 0.25) is 0 Å². The molecule has 1 aromatic heterocycles. The second kappa shape index (κ2) is 8.59. The van der Waals surface area contributed by atoms with E-state index in [2.05, 4.69) is 17.2 Å². The summed E-state index contributed by atoms with van der Waals surface area (Å²) < 4.78 is 5.01. The van der Waals surface area contributed by atoms with E-state index in [1.807, 2.05) is 38.1 Å². The van der Waals surface area contributed by atoms with Crippen LogP contribution >= 0.6 is 11.3 Å². The fourth-order valence-corrected chi connectivity index (χ4v) is 2.80. The average Bonchev–Trinajstić information content (AvgIpc) is 3.09. The van der Waals surface area contributed by atoms with Crippen LogP contribution in [0, 0.1) is 0 Å². The summed E-state index contributed by atoms with van der Waals surface area (Å²) in [5, 5.41) is 5.15. The van der Waals surface area contributed by atoms with Gasteiger partial charge in [0.25, 0.3) is 5.91 Å². The summed E-state index contributed by atoms with van der Waals surface area (Å²) in [5.74, 6) is -0.884. The molecule has 1 heterocycles. The van der Waals surface area contributed by atoms with E-state index in [4.69, 9.17) is 4.74 Å². The van der Waals surface area contributed by atoms with Crippen molar-refractivity contribution in [1.82, 2.24) is 10.3 Å². The minimum Gasteiger partial charge on any atom is -0.451 e. The number of rotatable bonds is 7. The normalized spacial score (nSPS) is 11.8. The lowest BCUT2D eigenvalue weighted by molar-refractivity contribution is -0.124. The molecule has 6 heteroatoms. The molecule has 2 aromatic rings. The molecule has 0 fully saturated rings. The number of nitrogens with zero attached hydrogens (tertiary/aromatic N) is 1.